The zero-order valence-corrected chi connectivity index (χ0v) is 34.3. The van der Waals surface area contributed by atoms with Crippen molar-refractivity contribution in [2.75, 3.05) is 45.9 Å². The number of morpholine rings is 1. The molecule has 3 N–H and O–H groups in total. The van der Waals surface area contributed by atoms with Crippen LogP contribution in [0.2, 0.25) is 0 Å². The molecule has 298 valence electrons. The molecule has 3 heterocycles. The minimum Gasteiger partial charge on any atom is -0.390 e. The third-order valence-electron chi connectivity index (χ3n) is 17.8. The molecule has 3 aliphatic heterocycles. The number of ether oxygens (including phenoxy) is 4. The SMILES string of the molecule is CCO[C@@H]([C@H]1C[C@@H](C)[C@H]2[C@H](O1)[C@H](O)[C@@]1(C)[C@@H]3CC[C@H]4C(C)(C)[C@@H](O[C@H]5CN(CC6(O)CN(C(C)C)C6)CCO5)CC[C@@]45C[C@@]35CC[C@]21C)C(C)(C)O. The second-order valence-electron chi connectivity index (χ2n) is 21.5. The van der Waals surface area contributed by atoms with Crippen molar-refractivity contribution in [1.82, 2.24) is 9.80 Å². The maximum absolute atomic E-state index is 12.7. The molecule has 0 bridgehead atoms. The highest BCUT2D eigenvalue weighted by molar-refractivity contribution is 5.33. The van der Waals surface area contributed by atoms with E-state index in [4.69, 9.17) is 18.9 Å². The van der Waals surface area contributed by atoms with Crippen LogP contribution in [-0.2, 0) is 18.9 Å². The van der Waals surface area contributed by atoms with Crippen LogP contribution in [0.3, 0.4) is 0 Å². The first-order valence-corrected chi connectivity index (χ1v) is 21.4. The van der Waals surface area contributed by atoms with Crippen LogP contribution in [0.5, 0.6) is 0 Å². The molecule has 5 saturated carbocycles. The molecule has 8 aliphatic rings. The highest BCUT2D eigenvalue weighted by Gasteiger charge is 2.84. The number of aliphatic hydroxyl groups is 3. The molecule has 9 heteroatoms. The first kappa shape index (κ1) is 38.5. The number of β-amino-alcohol motifs (C(OH)–C–C–N with tert-alkyl or cyclic N) is 1. The zero-order valence-electron chi connectivity index (χ0n) is 34.3. The molecule has 5 aliphatic carbocycles. The fourth-order valence-corrected chi connectivity index (χ4v) is 15.4. The Morgan fingerprint density at radius 1 is 0.981 bits per heavy atom. The Balaban J connectivity index is 0.973. The highest BCUT2D eigenvalue weighted by Crippen LogP contribution is 2.89. The lowest BCUT2D eigenvalue weighted by atomic mass is 9.41. The average molecular weight is 731 g/mol. The van der Waals surface area contributed by atoms with Crippen molar-refractivity contribution < 1.29 is 34.3 Å². The average Bonchev–Trinajstić information content (AvgIpc) is 3.68. The second kappa shape index (κ2) is 12.6. The molecule has 9 nitrogen and oxygen atoms in total. The van der Waals surface area contributed by atoms with E-state index in [1.165, 1.54) is 25.7 Å². The standard InChI is InChI=1S/C43H74N2O7/c1-11-49-36(38(7,8)47)28-20-27(4)33-34(51-28)35(46)40(10)30-13-12-29-37(5,6)31(14-15-42(29)22-43(30,42)17-16-39(33,40)9)52-32-21-44(18-19-50-32)23-41(48)24-45(25-41)26(2)3/h26-36,46-48H,11-25H2,1-10H3/t27-,28-,29+,30+,31+,32+,33+,34+,35+,36+,39-,40-,42-,43+/m1/s1. The predicted molar refractivity (Wildman–Crippen MR) is 201 cm³/mol. The van der Waals surface area contributed by atoms with Gasteiger partial charge < -0.3 is 34.3 Å². The molecule has 52 heavy (non-hydrogen) atoms. The van der Waals surface area contributed by atoms with E-state index in [-0.39, 0.29) is 46.3 Å². The van der Waals surface area contributed by atoms with E-state index in [9.17, 15) is 15.3 Å². The summed E-state index contributed by atoms with van der Waals surface area (Å²) in [6, 6.07) is 0.469. The zero-order chi connectivity index (χ0) is 37.4. The monoisotopic (exact) mass is 731 g/mol. The second-order valence-corrected chi connectivity index (χ2v) is 21.5. The predicted octanol–water partition coefficient (Wildman–Crippen LogP) is 5.47. The van der Waals surface area contributed by atoms with Crippen LogP contribution in [0.25, 0.3) is 0 Å². The van der Waals surface area contributed by atoms with Gasteiger partial charge in [-0.1, -0.05) is 34.6 Å². The van der Waals surface area contributed by atoms with Gasteiger partial charge in [-0.25, -0.2) is 0 Å². The molecule has 2 spiro atoms. The minimum atomic E-state index is -1.02. The third-order valence-corrected chi connectivity index (χ3v) is 17.8. The third kappa shape index (κ3) is 5.39. The van der Waals surface area contributed by atoms with Crippen molar-refractivity contribution in [2.45, 2.75) is 175 Å². The summed E-state index contributed by atoms with van der Waals surface area (Å²) >= 11 is 0. The summed E-state index contributed by atoms with van der Waals surface area (Å²) in [5, 5.41) is 34.9. The summed E-state index contributed by atoms with van der Waals surface area (Å²) in [4.78, 5) is 4.70. The molecule has 8 fully saturated rings. The fraction of sp³-hybridized carbons (Fsp3) is 1.00. The van der Waals surface area contributed by atoms with Gasteiger partial charge in [0.25, 0.3) is 0 Å². The molecular formula is C43H74N2O7. The van der Waals surface area contributed by atoms with E-state index in [1.807, 2.05) is 20.8 Å². The molecule has 0 amide bonds. The number of hydrogen-bond donors (Lipinski definition) is 3. The van der Waals surface area contributed by atoms with Gasteiger partial charge in [-0.2, -0.15) is 0 Å². The van der Waals surface area contributed by atoms with Crippen molar-refractivity contribution >= 4 is 0 Å². The van der Waals surface area contributed by atoms with Crippen LogP contribution in [0.4, 0.5) is 0 Å². The Hall–Kier alpha value is -0.360. The first-order valence-electron chi connectivity index (χ1n) is 21.4. The topological polar surface area (TPSA) is 104 Å². The number of fused-ring (bicyclic) bond motifs is 4. The number of rotatable bonds is 9. The lowest BCUT2D eigenvalue weighted by Gasteiger charge is -2.64. The Kier molecular flexibility index (Phi) is 9.31. The van der Waals surface area contributed by atoms with E-state index < -0.39 is 23.4 Å². The Labute approximate surface area is 314 Å². The van der Waals surface area contributed by atoms with Crippen LogP contribution >= 0.6 is 0 Å². The van der Waals surface area contributed by atoms with Crippen LogP contribution in [0.1, 0.15) is 121 Å². The Morgan fingerprint density at radius 2 is 1.67 bits per heavy atom. The van der Waals surface area contributed by atoms with Gasteiger partial charge in [0.05, 0.1) is 36.6 Å². The molecular weight excluding hydrogens is 656 g/mol. The van der Waals surface area contributed by atoms with Crippen molar-refractivity contribution in [3.8, 4) is 0 Å². The van der Waals surface area contributed by atoms with Gasteiger partial charge in [0.2, 0.25) is 0 Å². The number of likely N-dealkylation sites (tertiary alicyclic amines) is 1. The summed E-state index contributed by atoms with van der Waals surface area (Å²) in [6.45, 7) is 27.3. The Bertz CT molecular complexity index is 1350. The maximum atomic E-state index is 12.7. The fourth-order valence-electron chi connectivity index (χ4n) is 15.4. The number of hydrogen-bond acceptors (Lipinski definition) is 9. The summed E-state index contributed by atoms with van der Waals surface area (Å²) in [5.74, 6) is 1.76. The van der Waals surface area contributed by atoms with Crippen LogP contribution < -0.4 is 0 Å². The van der Waals surface area contributed by atoms with Gasteiger partial charge in [0, 0.05) is 50.8 Å². The Morgan fingerprint density at radius 3 is 2.35 bits per heavy atom. The van der Waals surface area contributed by atoms with Gasteiger partial charge in [-0.3, -0.25) is 9.80 Å². The quantitative estimate of drug-likeness (QED) is 0.285. The van der Waals surface area contributed by atoms with E-state index in [2.05, 4.69) is 58.3 Å². The van der Waals surface area contributed by atoms with Crippen molar-refractivity contribution in [3.05, 3.63) is 0 Å². The van der Waals surface area contributed by atoms with Gasteiger partial charge in [-0.05, 0) is 131 Å². The number of aliphatic hydroxyl groups excluding tert-OH is 1. The molecule has 0 aromatic rings. The molecule has 0 radical (unpaired) electrons. The van der Waals surface area contributed by atoms with Crippen LogP contribution in [0, 0.1) is 50.7 Å². The van der Waals surface area contributed by atoms with Gasteiger partial charge in [0.1, 0.15) is 11.7 Å². The normalized spacial score (nSPS) is 50.3. The molecule has 0 aromatic carbocycles. The van der Waals surface area contributed by atoms with Crippen LogP contribution in [0.15, 0.2) is 0 Å². The van der Waals surface area contributed by atoms with E-state index in [1.54, 1.807) is 0 Å². The largest absolute Gasteiger partial charge is 0.390 e. The van der Waals surface area contributed by atoms with Crippen molar-refractivity contribution in [2.24, 2.45) is 50.7 Å². The first-order chi connectivity index (χ1) is 24.3. The highest BCUT2D eigenvalue weighted by atomic mass is 16.7. The van der Waals surface area contributed by atoms with Crippen molar-refractivity contribution in [3.63, 3.8) is 0 Å². The summed E-state index contributed by atoms with van der Waals surface area (Å²) in [7, 11) is 0. The summed E-state index contributed by atoms with van der Waals surface area (Å²) in [5.41, 5.74) is -1.24. The molecule has 8 rings (SSSR count). The lowest BCUT2D eigenvalue weighted by Crippen LogP contribution is -2.68. The smallest absolute Gasteiger partial charge is 0.170 e. The molecule has 0 unspecified atom stereocenters. The lowest BCUT2D eigenvalue weighted by molar-refractivity contribution is -0.253. The minimum absolute atomic E-state index is 0.00355. The van der Waals surface area contributed by atoms with E-state index >= 15 is 0 Å². The molecule has 0 aromatic heterocycles. The van der Waals surface area contributed by atoms with Crippen LogP contribution in [-0.4, -0.2) is 125 Å². The van der Waals surface area contributed by atoms with Gasteiger partial charge >= 0.3 is 0 Å². The van der Waals surface area contributed by atoms with Gasteiger partial charge in [0.15, 0.2) is 6.29 Å². The maximum Gasteiger partial charge on any atom is 0.170 e. The summed E-state index contributed by atoms with van der Waals surface area (Å²) in [6.07, 6.45) is 7.66. The van der Waals surface area contributed by atoms with Crippen molar-refractivity contribution in [1.29, 1.82) is 0 Å². The molecule has 14 atom stereocenters. The molecule has 3 saturated heterocycles. The van der Waals surface area contributed by atoms with E-state index in [0.29, 0.717) is 54.9 Å². The van der Waals surface area contributed by atoms with Gasteiger partial charge in [-0.15, -0.1) is 0 Å². The summed E-state index contributed by atoms with van der Waals surface area (Å²) < 4.78 is 26.4. The number of nitrogens with zero attached hydrogens (tertiary/aromatic N) is 2. The van der Waals surface area contributed by atoms with E-state index in [0.717, 1.165) is 51.9 Å².